The Labute approximate surface area is 198 Å². The van der Waals surface area contributed by atoms with Gasteiger partial charge < -0.3 is 10.1 Å². The van der Waals surface area contributed by atoms with Crippen LogP contribution in [0, 0.1) is 13.8 Å². The van der Waals surface area contributed by atoms with Crippen molar-refractivity contribution in [3.8, 4) is 11.4 Å². The molecule has 0 fully saturated rings. The van der Waals surface area contributed by atoms with Crippen LogP contribution >= 0.6 is 0 Å². The number of nitrogens with one attached hydrogen (secondary N) is 1. The lowest BCUT2D eigenvalue weighted by atomic mass is 10.1. The lowest BCUT2D eigenvalue weighted by Crippen LogP contribution is -2.38. The Bertz CT molecular complexity index is 1360. The lowest BCUT2D eigenvalue weighted by Gasteiger charge is -2.17. The highest BCUT2D eigenvalue weighted by atomic mass is 16.5. The van der Waals surface area contributed by atoms with E-state index in [0.29, 0.717) is 30.8 Å². The number of benzene rings is 2. The van der Waals surface area contributed by atoms with Gasteiger partial charge in [-0.2, -0.15) is 10.2 Å². The molecule has 0 aliphatic heterocycles. The monoisotopic (exact) mass is 459 g/mol. The van der Waals surface area contributed by atoms with Gasteiger partial charge in [-0.1, -0.05) is 37.3 Å². The van der Waals surface area contributed by atoms with E-state index in [4.69, 9.17) is 4.74 Å². The highest BCUT2D eigenvalue weighted by Gasteiger charge is 2.25. The van der Waals surface area contributed by atoms with Crippen LogP contribution in [0.1, 0.15) is 43.3 Å². The Kier molecular flexibility index (Phi) is 6.77. The van der Waals surface area contributed by atoms with Crippen molar-refractivity contribution in [2.75, 3.05) is 6.61 Å². The van der Waals surface area contributed by atoms with Crippen molar-refractivity contribution < 1.29 is 9.53 Å². The average molecular weight is 460 g/mol. The zero-order valence-electron chi connectivity index (χ0n) is 19.9. The van der Waals surface area contributed by atoms with E-state index in [2.05, 4.69) is 15.5 Å². The number of hydrogen-bond donors (Lipinski definition) is 1. The third kappa shape index (κ3) is 4.44. The Balaban J connectivity index is 1.62. The Morgan fingerprint density at radius 3 is 2.38 bits per heavy atom. The smallest absolute Gasteiger partial charge is 0.295 e. The third-order valence-corrected chi connectivity index (χ3v) is 5.83. The molecular weight excluding hydrogens is 430 g/mol. The van der Waals surface area contributed by atoms with Crippen LogP contribution in [0.5, 0.6) is 5.75 Å². The normalized spacial score (nSPS) is 12.0. The molecule has 4 rings (SSSR count). The molecule has 2 heterocycles. The molecule has 4 aromatic rings. The molecule has 2 aromatic heterocycles. The summed E-state index contributed by atoms with van der Waals surface area (Å²) < 4.78 is 8.48. The quantitative estimate of drug-likeness (QED) is 0.432. The molecule has 176 valence electrons. The highest BCUT2D eigenvalue weighted by molar-refractivity contribution is 5.84. The second kappa shape index (κ2) is 9.91. The summed E-state index contributed by atoms with van der Waals surface area (Å²) in [7, 11) is 0. The predicted octanol–water partition coefficient (Wildman–Crippen LogP) is 3.87. The van der Waals surface area contributed by atoms with Gasteiger partial charge in [-0.15, -0.1) is 0 Å². The molecule has 0 aliphatic carbocycles. The second-order valence-corrected chi connectivity index (χ2v) is 8.11. The summed E-state index contributed by atoms with van der Waals surface area (Å²) in [5, 5.41) is 12.8. The van der Waals surface area contributed by atoms with Crippen molar-refractivity contribution in [3.05, 3.63) is 81.9 Å². The molecule has 1 unspecified atom stereocenters. The van der Waals surface area contributed by atoms with Crippen molar-refractivity contribution in [1.29, 1.82) is 0 Å². The summed E-state index contributed by atoms with van der Waals surface area (Å²) in [6, 6.07) is 16.5. The van der Waals surface area contributed by atoms with E-state index in [0.717, 1.165) is 28.1 Å². The minimum atomic E-state index is -0.736. The number of carbonyl (C=O) groups excluding carboxylic acids is 1. The second-order valence-electron chi connectivity index (χ2n) is 8.11. The molecule has 0 spiro atoms. The van der Waals surface area contributed by atoms with Crippen LogP contribution in [-0.2, 0) is 11.3 Å². The van der Waals surface area contributed by atoms with E-state index in [9.17, 15) is 9.59 Å². The van der Waals surface area contributed by atoms with Crippen LogP contribution in [0.4, 0.5) is 0 Å². The molecule has 8 nitrogen and oxygen atoms in total. The van der Waals surface area contributed by atoms with Gasteiger partial charge in [-0.3, -0.25) is 9.59 Å². The van der Waals surface area contributed by atoms with E-state index < -0.39 is 6.04 Å². The van der Waals surface area contributed by atoms with Crippen molar-refractivity contribution in [2.24, 2.45) is 0 Å². The lowest BCUT2D eigenvalue weighted by molar-refractivity contribution is -0.125. The van der Waals surface area contributed by atoms with Gasteiger partial charge in [0, 0.05) is 6.54 Å². The number of rotatable bonds is 8. The van der Waals surface area contributed by atoms with Crippen LogP contribution < -0.4 is 15.6 Å². The van der Waals surface area contributed by atoms with Crippen LogP contribution in [0.2, 0.25) is 0 Å². The van der Waals surface area contributed by atoms with Gasteiger partial charge in [0.2, 0.25) is 5.91 Å². The summed E-state index contributed by atoms with van der Waals surface area (Å²) >= 11 is 0. The van der Waals surface area contributed by atoms with E-state index in [1.54, 1.807) is 4.68 Å². The molecule has 34 heavy (non-hydrogen) atoms. The van der Waals surface area contributed by atoms with Gasteiger partial charge in [0.15, 0.2) is 5.52 Å². The number of hydrogen-bond acceptors (Lipinski definition) is 5. The first-order valence-corrected chi connectivity index (χ1v) is 11.5. The van der Waals surface area contributed by atoms with Crippen molar-refractivity contribution in [2.45, 2.75) is 46.7 Å². The molecule has 1 N–H and O–H groups in total. The fraction of sp³-hybridized carbons (Fsp3) is 0.308. The molecule has 0 aliphatic rings. The number of para-hydroxylation sites is 1. The van der Waals surface area contributed by atoms with Crippen molar-refractivity contribution in [3.63, 3.8) is 0 Å². The third-order valence-electron chi connectivity index (χ3n) is 5.83. The molecule has 2 aromatic carbocycles. The number of amides is 1. The summed E-state index contributed by atoms with van der Waals surface area (Å²) in [5.41, 5.74) is 3.24. The number of aryl methyl sites for hydroxylation is 2. The van der Waals surface area contributed by atoms with E-state index in [1.165, 1.54) is 4.68 Å². The first-order valence-electron chi connectivity index (χ1n) is 11.5. The van der Waals surface area contributed by atoms with Crippen LogP contribution in [-0.4, -0.2) is 32.1 Å². The van der Waals surface area contributed by atoms with Crippen molar-refractivity contribution >= 4 is 16.8 Å². The Morgan fingerprint density at radius 1 is 1.03 bits per heavy atom. The van der Waals surface area contributed by atoms with Crippen molar-refractivity contribution in [1.82, 2.24) is 24.9 Å². The first kappa shape index (κ1) is 23.2. The van der Waals surface area contributed by atoms with Gasteiger partial charge in [0.25, 0.3) is 5.56 Å². The van der Waals surface area contributed by atoms with Crippen LogP contribution in [0.15, 0.2) is 59.4 Å². The highest BCUT2D eigenvalue weighted by Crippen LogP contribution is 2.22. The number of carbonyl (C=O) groups is 1. The zero-order valence-corrected chi connectivity index (χ0v) is 19.9. The van der Waals surface area contributed by atoms with Crippen LogP contribution in [0.25, 0.3) is 16.6 Å². The first-order chi connectivity index (χ1) is 16.4. The molecule has 0 saturated carbocycles. The molecule has 1 atom stereocenters. The zero-order chi connectivity index (χ0) is 24.2. The maximum atomic E-state index is 13.4. The van der Waals surface area contributed by atoms with Gasteiger partial charge in [0.1, 0.15) is 11.8 Å². The fourth-order valence-electron chi connectivity index (χ4n) is 4.13. The van der Waals surface area contributed by atoms with E-state index in [1.807, 2.05) is 82.3 Å². The largest absolute Gasteiger partial charge is 0.494 e. The summed E-state index contributed by atoms with van der Waals surface area (Å²) in [4.78, 5) is 26.4. The van der Waals surface area contributed by atoms with Gasteiger partial charge in [-0.25, -0.2) is 9.36 Å². The maximum absolute atomic E-state index is 13.4. The number of nitrogens with zero attached hydrogens (tertiary/aromatic N) is 4. The Hall–Kier alpha value is -3.94. The molecule has 8 heteroatoms. The number of ether oxygens (including phenoxy) is 1. The maximum Gasteiger partial charge on any atom is 0.295 e. The topological polar surface area (TPSA) is 91.0 Å². The molecule has 0 saturated heterocycles. The van der Waals surface area contributed by atoms with Crippen LogP contribution in [0.3, 0.4) is 0 Å². The molecule has 0 radical (unpaired) electrons. The molecular formula is C26H29N5O3. The summed E-state index contributed by atoms with van der Waals surface area (Å²) in [6.07, 6.45) is 0.422. The summed E-state index contributed by atoms with van der Waals surface area (Å²) in [5.74, 6) is 0.526. The standard InChI is InChI=1S/C26H29N5O3/c1-5-22(25(32)27-16-19-12-14-21(15-13-19)34-6-2)31-26(33)24-23(17(3)28-31)18(4)30(29-24)20-10-8-7-9-11-20/h7-15,22H,5-6,16H2,1-4H3,(H,27,32). The number of fused-ring (bicyclic) bond motifs is 1. The molecule has 0 bridgehead atoms. The fourth-order valence-corrected chi connectivity index (χ4v) is 4.13. The SMILES string of the molecule is CCOc1ccc(CNC(=O)C(CC)n2nc(C)c3c(C)n(-c4ccccc4)nc3c2=O)cc1. The van der Waals surface area contributed by atoms with Gasteiger partial charge >= 0.3 is 0 Å². The van der Waals surface area contributed by atoms with E-state index in [-0.39, 0.29) is 11.5 Å². The minimum Gasteiger partial charge on any atom is -0.494 e. The Morgan fingerprint density at radius 2 is 1.74 bits per heavy atom. The number of aromatic nitrogens is 4. The van der Waals surface area contributed by atoms with Gasteiger partial charge in [-0.05, 0) is 57.0 Å². The summed E-state index contributed by atoms with van der Waals surface area (Å²) in [6.45, 7) is 8.50. The average Bonchev–Trinajstić information content (AvgIpc) is 3.21. The van der Waals surface area contributed by atoms with E-state index >= 15 is 0 Å². The predicted molar refractivity (Wildman–Crippen MR) is 131 cm³/mol. The molecule has 1 amide bonds. The van der Waals surface area contributed by atoms with Gasteiger partial charge in [0.05, 0.1) is 29.1 Å². The minimum absolute atomic E-state index is 0.260.